The number of rotatable bonds is 8. The molecule has 3 rings (SSSR count). The lowest BCUT2D eigenvalue weighted by Crippen LogP contribution is -2.11. The molecule has 0 bridgehead atoms. The van der Waals surface area contributed by atoms with E-state index in [0.29, 0.717) is 12.2 Å². The standard InChI is InChI=1S/C19H22ClFN4O2/c1-24(2)17-11-15(20)14(10-16(17)21)13-7-9-23-19(18(13)25(26)27)22-8-3-4-12-5-6-12/h7,9-12H,3-6,8H2,1-2H3,(H,22,23). The van der Waals surface area contributed by atoms with Crippen LogP contribution >= 0.6 is 11.6 Å². The minimum Gasteiger partial charge on any atom is -0.375 e. The van der Waals surface area contributed by atoms with Gasteiger partial charge in [0, 0.05) is 32.4 Å². The van der Waals surface area contributed by atoms with Crippen LogP contribution in [0.5, 0.6) is 0 Å². The molecule has 0 unspecified atom stereocenters. The first-order chi connectivity index (χ1) is 12.9. The monoisotopic (exact) mass is 392 g/mol. The van der Waals surface area contributed by atoms with Gasteiger partial charge in [-0.3, -0.25) is 10.1 Å². The number of nitrogens with one attached hydrogen (secondary N) is 1. The molecule has 8 heteroatoms. The highest BCUT2D eigenvalue weighted by Crippen LogP contribution is 2.40. The van der Waals surface area contributed by atoms with Gasteiger partial charge in [-0.05, 0) is 37.0 Å². The average molecular weight is 393 g/mol. The molecule has 27 heavy (non-hydrogen) atoms. The van der Waals surface area contributed by atoms with Crippen LogP contribution in [0.2, 0.25) is 5.02 Å². The Morgan fingerprint density at radius 2 is 2.11 bits per heavy atom. The Labute approximate surface area is 162 Å². The first kappa shape index (κ1) is 19.4. The molecule has 1 N–H and O–H groups in total. The van der Waals surface area contributed by atoms with Gasteiger partial charge in [-0.25, -0.2) is 9.37 Å². The lowest BCUT2D eigenvalue weighted by molar-refractivity contribution is -0.383. The summed E-state index contributed by atoms with van der Waals surface area (Å²) in [6, 6.07) is 4.19. The lowest BCUT2D eigenvalue weighted by atomic mass is 10.0. The Balaban J connectivity index is 1.93. The second-order valence-corrected chi connectivity index (χ2v) is 7.41. The van der Waals surface area contributed by atoms with Crippen LogP contribution in [0.25, 0.3) is 11.1 Å². The minimum absolute atomic E-state index is 0.182. The number of anilines is 2. The van der Waals surface area contributed by atoms with Crippen molar-refractivity contribution in [2.24, 2.45) is 5.92 Å². The topological polar surface area (TPSA) is 71.3 Å². The van der Waals surface area contributed by atoms with E-state index < -0.39 is 10.7 Å². The zero-order valence-corrected chi connectivity index (χ0v) is 16.1. The molecule has 1 aliphatic rings. The number of nitro groups is 1. The summed E-state index contributed by atoms with van der Waals surface area (Å²) >= 11 is 6.32. The van der Waals surface area contributed by atoms with Crippen LogP contribution in [-0.2, 0) is 0 Å². The van der Waals surface area contributed by atoms with E-state index in [-0.39, 0.29) is 27.7 Å². The van der Waals surface area contributed by atoms with E-state index in [2.05, 4.69) is 10.3 Å². The van der Waals surface area contributed by atoms with E-state index >= 15 is 0 Å². The molecule has 0 radical (unpaired) electrons. The van der Waals surface area contributed by atoms with Crippen LogP contribution in [0.15, 0.2) is 24.4 Å². The van der Waals surface area contributed by atoms with Crippen molar-refractivity contribution < 1.29 is 9.31 Å². The summed E-state index contributed by atoms with van der Waals surface area (Å²) in [4.78, 5) is 16.9. The van der Waals surface area contributed by atoms with Crippen molar-refractivity contribution in [1.29, 1.82) is 0 Å². The van der Waals surface area contributed by atoms with Crippen LogP contribution in [0, 0.1) is 21.8 Å². The molecule has 144 valence electrons. The molecule has 6 nitrogen and oxygen atoms in total. The molecule has 0 aliphatic heterocycles. The smallest absolute Gasteiger partial charge is 0.319 e. The zero-order valence-electron chi connectivity index (χ0n) is 15.3. The Morgan fingerprint density at radius 3 is 2.74 bits per heavy atom. The summed E-state index contributed by atoms with van der Waals surface area (Å²) in [5, 5.41) is 15.0. The fraction of sp³-hybridized carbons (Fsp3) is 0.421. The molecule has 0 atom stereocenters. The quantitative estimate of drug-likeness (QED) is 0.383. The SMILES string of the molecule is CN(C)c1cc(Cl)c(-c2ccnc(NCCCC3CC3)c2[N+](=O)[O-])cc1F. The molecular weight excluding hydrogens is 371 g/mol. The summed E-state index contributed by atoms with van der Waals surface area (Å²) in [5.41, 5.74) is 0.644. The Morgan fingerprint density at radius 1 is 1.37 bits per heavy atom. The van der Waals surface area contributed by atoms with Gasteiger partial charge in [-0.2, -0.15) is 0 Å². The first-order valence-electron chi connectivity index (χ1n) is 8.92. The van der Waals surface area contributed by atoms with Crippen molar-refractivity contribution >= 4 is 28.8 Å². The molecular formula is C19H22ClFN4O2. The molecule has 0 saturated heterocycles. The number of hydrogen-bond acceptors (Lipinski definition) is 5. The average Bonchev–Trinajstić information content (AvgIpc) is 3.44. The van der Waals surface area contributed by atoms with Crippen LogP contribution < -0.4 is 10.2 Å². The molecule has 2 aromatic rings. The summed E-state index contributed by atoms with van der Waals surface area (Å²) in [6.07, 6.45) is 6.07. The molecule has 1 saturated carbocycles. The minimum atomic E-state index is -0.500. The number of halogens is 2. The van der Waals surface area contributed by atoms with Crippen molar-refractivity contribution in [3.8, 4) is 11.1 Å². The largest absolute Gasteiger partial charge is 0.375 e. The normalized spacial score (nSPS) is 13.5. The highest BCUT2D eigenvalue weighted by molar-refractivity contribution is 6.33. The summed E-state index contributed by atoms with van der Waals surface area (Å²) in [7, 11) is 3.40. The fourth-order valence-corrected chi connectivity index (χ4v) is 3.33. The molecule has 0 amide bonds. The molecule has 1 aromatic carbocycles. The van der Waals surface area contributed by atoms with Gasteiger partial charge in [0.05, 0.1) is 21.2 Å². The maximum absolute atomic E-state index is 14.4. The maximum Gasteiger partial charge on any atom is 0.319 e. The number of aromatic nitrogens is 1. The second-order valence-electron chi connectivity index (χ2n) is 7.00. The first-order valence-corrected chi connectivity index (χ1v) is 9.30. The predicted octanol–water partition coefficient (Wildman–Crippen LogP) is 5.12. The van der Waals surface area contributed by atoms with Gasteiger partial charge in [0.1, 0.15) is 5.82 Å². The third-order valence-electron chi connectivity index (χ3n) is 4.69. The Bertz CT molecular complexity index is 856. The zero-order chi connectivity index (χ0) is 19.6. The summed E-state index contributed by atoms with van der Waals surface area (Å²) in [5.74, 6) is 0.490. The number of hydrogen-bond donors (Lipinski definition) is 1. The van der Waals surface area contributed by atoms with Crippen LogP contribution in [0.4, 0.5) is 21.6 Å². The van der Waals surface area contributed by atoms with Crippen LogP contribution in [0.3, 0.4) is 0 Å². The summed E-state index contributed by atoms with van der Waals surface area (Å²) in [6.45, 7) is 0.607. The van der Waals surface area contributed by atoms with Crippen molar-refractivity contribution in [2.75, 3.05) is 30.9 Å². The van der Waals surface area contributed by atoms with E-state index in [1.54, 1.807) is 19.0 Å². The van der Waals surface area contributed by atoms with Gasteiger partial charge in [0.2, 0.25) is 5.82 Å². The van der Waals surface area contributed by atoms with Crippen LogP contribution in [0.1, 0.15) is 25.7 Å². The van der Waals surface area contributed by atoms with Crippen LogP contribution in [-0.4, -0.2) is 30.5 Å². The molecule has 1 heterocycles. The highest BCUT2D eigenvalue weighted by atomic mass is 35.5. The maximum atomic E-state index is 14.4. The van der Waals surface area contributed by atoms with Gasteiger partial charge in [0.25, 0.3) is 0 Å². The van der Waals surface area contributed by atoms with E-state index in [9.17, 15) is 14.5 Å². The Kier molecular flexibility index (Phi) is 5.79. The van der Waals surface area contributed by atoms with E-state index in [4.69, 9.17) is 11.6 Å². The third kappa shape index (κ3) is 4.47. The van der Waals surface area contributed by atoms with Gasteiger partial charge >= 0.3 is 5.69 Å². The third-order valence-corrected chi connectivity index (χ3v) is 5.01. The van der Waals surface area contributed by atoms with Crippen molar-refractivity contribution in [3.05, 3.63) is 45.4 Å². The number of benzene rings is 1. The van der Waals surface area contributed by atoms with Gasteiger partial charge in [-0.1, -0.05) is 24.4 Å². The van der Waals surface area contributed by atoms with Gasteiger partial charge in [0.15, 0.2) is 0 Å². The van der Waals surface area contributed by atoms with E-state index in [1.807, 2.05) is 0 Å². The predicted molar refractivity (Wildman–Crippen MR) is 106 cm³/mol. The second kappa shape index (κ2) is 8.08. The Hall–Kier alpha value is -2.41. The van der Waals surface area contributed by atoms with E-state index in [0.717, 1.165) is 18.8 Å². The van der Waals surface area contributed by atoms with Gasteiger partial charge < -0.3 is 10.2 Å². The van der Waals surface area contributed by atoms with Crippen molar-refractivity contribution in [2.45, 2.75) is 25.7 Å². The fourth-order valence-electron chi connectivity index (χ4n) is 3.08. The van der Waals surface area contributed by atoms with Gasteiger partial charge in [-0.15, -0.1) is 0 Å². The van der Waals surface area contributed by atoms with Crippen molar-refractivity contribution in [3.63, 3.8) is 0 Å². The molecule has 1 aliphatic carbocycles. The number of nitrogens with zero attached hydrogens (tertiary/aromatic N) is 3. The molecule has 0 spiro atoms. The summed E-state index contributed by atoms with van der Waals surface area (Å²) < 4.78 is 14.4. The lowest BCUT2D eigenvalue weighted by Gasteiger charge is -2.16. The molecule has 1 fully saturated rings. The number of pyridine rings is 1. The molecule has 1 aromatic heterocycles. The highest BCUT2D eigenvalue weighted by Gasteiger charge is 2.25. The van der Waals surface area contributed by atoms with E-state index in [1.165, 1.54) is 37.2 Å². The van der Waals surface area contributed by atoms with Crippen molar-refractivity contribution in [1.82, 2.24) is 4.98 Å².